The molecule has 1 aromatic rings. The number of hydrogen-bond donors (Lipinski definition) is 0. The molecule has 0 amide bonds. The summed E-state index contributed by atoms with van der Waals surface area (Å²) in [5, 5.41) is 8.44. The number of rotatable bonds is 2. The first kappa shape index (κ1) is 11.6. The molecule has 0 spiro atoms. The molecule has 0 aliphatic heterocycles. The average Bonchev–Trinajstić information content (AvgIpc) is 2.22. The lowest BCUT2D eigenvalue weighted by Crippen LogP contribution is -1.88. The van der Waals surface area contributed by atoms with Crippen molar-refractivity contribution in [1.29, 1.82) is 5.26 Å². The van der Waals surface area contributed by atoms with Crippen molar-refractivity contribution in [3.63, 3.8) is 0 Å². The number of hydrogen-bond acceptors (Lipinski definition) is 1. The smallest absolute Gasteiger partial charge is 0.139 e. The van der Waals surface area contributed by atoms with E-state index in [2.05, 4.69) is 11.8 Å². The Bertz CT molecular complexity index is 437. The van der Waals surface area contributed by atoms with E-state index in [-0.39, 0.29) is 12.2 Å². The minimum atomic E-state index is -0.384. The zero-order valence-electron chi connectivity index (χ0n) is 8.06. The molecule has 1 nitrogen and oxygen atoms in total. The van der Waals surface area contributed by atoms with Gasteiger partial charge >= 0.3 is 0 Å². The summed E-state index contributed by atoms with van der Waals surface area (Å²) in [6.07, 6.45) is 0.757. The maximum atomic E-state index is 13.4. The number of alkyl halides is 1. The van der Waals surface area contributed by atoms with Gasteiger partial charge in [0, 0.05) is 12.3 Å². The lowest BCUT2D eigenvalue weighted by atomic mass is 10.1. The fourth-order valence-corrected chi connectivity index (χ4v) is 1.16. The highest BCUT2D eigenvalue weighted by Gasteiger charge is 2.00. The third kappa shape index (κ3) is 3.62. The van der Waals surface area contributed by atoms with Crippen LogP contribution in [0.5, 0.6) is 0 Å². The lowest BCUT2D eigenvalue weighted by molar-refractivity contribution is 0.622. The molecule has 0 bridgehead atoms. The molecule has 0 aliphatic rings. The molecular weight excluding hydrogens is 213 g/mol. The Labute approximate surface area is 93.5 Å². The molecule has 0 aromatic heterocycles. The van der Waals surface area contributed by atoms with E-state index in [1.807, 2.05) is 6.07 Å². The van der Waals surface area contributed by atoms with Gasteiger partial charge in [-0.3, -0.25) is 0 Å². The SMILES string of the molecule is N#CCc1ccc(C#CCCCl)c(F)c1. The van der Waals surface area contributed by atoms with E-state index in [0.29, 0.717) is 23.4 Å². The first-order chi connectivity index (χ1) is 7.27. The monoisotopic (exact) mass is 221 g/mol. The zero-order chi connectivity index (χ0) is 11.1. The largest absolute Gasteiger partial charge is 0.206 e. The maximum absolute atomic E-state index is 13.4. The quantitative estimate of drug-likeness (QED) is 0.557. The zero-order valence-corrected chi connectivity index (χ0v) is 8.81. The van der Waals surface area contributed by atoms with Crippen molar-refractivity contribution in [3.05, 3.63) is 35.1 Å². The fraction of sp³-hybridized carbons (Fsp3) is 0.250. The van der Waals surface area contributed by atoms with Crippen LogP contribution in [0.15, 0.2) is 18.2 Å². The molecular formula is C12H9ClFN. The van der Waals surface area contributed by atoms with Gasteiger partial charge in [-0.2, -0.15) is 5.26 Å². The number of nitriles is 1. The van der Waals surface area contributed by atoms with E-state index in [1.54, 1.807) is 12.1 Å². The van der Waals surface area contributed by atoms with Crippen LogP contribution in [0, 0.1) is 29.0 Å². The van der Waals surface area contributed by atoms with Gasteiger partial charge in [-0.05, 0) is 17.7 Å². The highest BCUT2D eigenvalue weighted by atomic mass is 35.5. The van der Waals surface area contributed by atoms with E-state index in [9.17, 15) is 4.39 Å². The summed E-state index contributed by atoms with van der Waals surface area (Å²) in [7, 11) is 0. The third-order valence-corrected chi connectivity index (χ3v) is 1.95. The second kappa shape index (κ2) is 6.06. The van der Waals surface area contributed by atoms with Gasteiger partial charge in [-0.1, -0.05) is 17.9 Å². The molecule has 15 heavy (non-hydrogen) atoms. The standard InChI is InChI=1S/C12H9ClFN/c13-7-2-1-3-11-5-4-10(6-8-15)9-12(11)14/h4-5,9H,2,6-7H2. The van der Waals surface area contributed by atoms with Gasteiger partial charge in [0.15, 0.2) is 0 Å². The van der Waals surface area contributed by atoms with Gasteiger partial charge in [0.1, 0.15) is 5.82 Å². The van der Waals surface area contributed by atoms with Crippen LogP contribution >= 0.6 is 11.6 Å². The first-order valence-corrected chi connectivity index (χ1v) is 5.01. The Morgan fingerprint density at radius 3 is 2.80 bits per heavy atom. The van der Waals surface area contributed by atoms with E-state index >= 15 is 0 Å². The molecule has 76 valence electrons. The van der Waals surface area contributed by atoms with E-state index in [0.717, 1.165) is 0 Å². The molecule has 0 fully saturated rings. The predicted molar refractivity (Wildman–Crippen MR) is 57.9 cm³/mol. The fourth-order valence-electron chi connectivity index (χ4n) is 1.07. The Balaban J connectivity index is 2.86. The van der Waals surface area contributed by atoms with Gasteiger partial charge in [0.2, 0.25) is 0 Å². The Morgan fingerprint density at radius 2 is 2.20 bits per heavy atom. The lowest BCUT2D eigenvalue weighted by Gasteiger charge is -1.97. The van der Waals surface area contributed by atoms with Crippen molar-refractivity contribution in [2.45, 2.75) is 12.8 Å². The molecule has 0 saturated heterocycles. The van der Waals surface area contributed by atoms with E-state index in [1.165, 1.54) is 6.07 Å². The molecule has 1 aromatic carbocycles. The van der Waals surface area contributed by atoms with Gasteiger partial charge in [-0.25, -0.2) is 4.39 Å². The summed E-state index contributed by atoms with van der Waals surface area (Å²) in [6.45, 7) is 0. The van der Waals surface area contributed by atoms with Crippen molar-refractivity contribution in [1.82, 2.24) is 0 Å². The van der Waals surface area contributed by atoms with Crippen LogP contribution in [-0.2, 0) is 6.42 Å². The van der Waals surface area contributed by atoms with E-state index < -0.39 is 0 Å². The van der Waals surface area contributed by atoms with Gasteiger partial charge in [0.05, 0.1) is 18.1 Å². The summed E-state index contributed by atoms with van der Waals surface area (Å²) < 4.78 is 13.4. The molecule has 0 atom stereocenters. The number of benzene rings is 1. The van der Waals surface area contributed by atoms with Gasteiger partial charge < -0.3 is 0 Å². The Kier molecular flexibility index (Phi) is 4.68. The Morgan fingerprint density at radius 1 is 1.40 bits per heavy atom. The van der Waals surface area contributed by atoms with Crippen LogP contribution in [0.2, 0.25) is 0 Å². The summed E-state index contributed by atoms with van der Waals surface area (Å²) in [6, 6.07) is 6.60. The molecule has 0 heterocycles. The van der Waals surface area contributed by atoms with Crippen LogP contribution in [0.25, 0.3) is 0 Å². The second-order valence-electron chi connectivity index (χ2n) is 2.89. The molecule has 0 N–H and O–H groups in total. The number of halogens is 2. The van der Waals surface area contributed by atoms with Crippen LogP contribution in [0.1, 0.15) is 17.5 Å². The summed E-state index contributed by atoms with van der Waals surface area (Å²) in [5.41, 5.74) is 1.01. The average molecular weight is 222 g/mol. The normalized spacial score (nSPS) is 8.87. The van der Waals surface area contributed by atoms with Gasteiger partial charge in [-0.15, -0.1) is 11.6 Å². The minimum absolute atomic E-state index is 0.215. The third-order valence-electron chi connectivity index (χ3n) is 1.76. The summed E-state index contributed by atoms with van der Waals surface area (Å²) >= 11 is 5.44. The van der Waals surface area contributed by atoms with Crippen LogP contribution in [0.3, 0.4) is 0 Å². The van der Waals surface area contributed by atoms with Crippen LogP contribution < -0.4 is 0 Å². The summed E-state index contributed by atoms with van der Waals surface area (Å²) in [5.74, 6) is 5.51. The molecule has 3 heteroatoms. The summed E-state index contributed by atoms with van der Waals surface area (Å²) in [4.78, 5) is 0. The molecule has 0 aliphatic carbocycles. The minimum Gasteiger partial charge on any atom is -0.206 e. The van der Waals surface area contributed by atoms with Crippen molar-refractivity contribution in [2.75, 3.05) is 5.88 Å². The van der Waals surface area contributed by atoms with Crippen LogP contribution in [-0.4, -0.2) is 5.88 Å². The highest BCUT2D eigenvalue weighted by molar-refractivity contribution is 6.18. The predicted octanol–water partition coefficient (Wildman–Crippen LogP) is 2.87. The number of nitrogens with zero attached hydrogens (tertiary/aromatic N) is 1. The van der Waals surface area contributed by atoms with Crippen molar-refractivity contribution < 1.29 is 4.39 Å². The van der Waals surface area contributed by atoms with E-state index in [4.69, 9.17) is 16.9 Å². The topological polar surface area (TPSA) is 23.8 Å². The first-order valence-electron chi connectivity index (χ1n) is 4.48. The molecule has 0 radical (unpaired) electrons. The van der Waals surface area contributed by atoms with Crippen molar-refractivity contribution in [2.24, 2.45) is 0 Å². The van der Waals surface area contributed by atoms with Crippen molar-refractivity contribution >= 4 is 11.6 Å². The molecule has 0 unspecified atom stereocenters. The second-order valence-corrected chi connectivity index (χ2v) is 3.27. The van der Waals surface area contributed by atoms with Gasteiger partial charge in [0.25, 0.3) is 0 Å². The van der Waals surface area contributed by atoms with Crippen LogP contribution in [0.4, 0.5) is 4.39 Å². The highest BCUT2D eigenvalue weighted by Crippen LogP contribution is 2.09. The molecule has 1 rings (SSSR count). The molecule has 0 saturated carbocycles. The van der Waals surface area contributed by atoms with Crippen molar-refractivity contribution in [3.8, 4) is 17.9 Å². The Hall–Kier alpha value is -1.51. The maximum Gasteiger partial charge on any atom is 0.139 e.